The molecule has 0 saturated carbocycles. The Morgan fingerprint density at radius 2 is 1.06 bits per heavy atom. The molecule has 15 nitrogen and oxygen atoms in total. The van der Waals surface area contributed by atoms with Gasteiger partial charge in [0.15, 0.2) is 0 Å². The van der Waals surface area contributed by atoms with E-state index in [0.717, 1.165) is 0 Å². The largest absolute Gasteiger partial charge is 0.480 e. The van der Waals surface area contributed by atoms with Crippen LogP contribution < -0.4 is 38.9 Å². The molecule has 15 heteroatoms. The molecule has 12 N–H and O–H groups in total. The van der Waals surface area contributed by atoms with E-state index in [4.69, 9.17) is 22.9 Å². The summed E-state index contributed by atoms with van der Waals surface area (Å²) >= 11 is 0. The number of nitrogens with two attached hydrogens (primary N) is 4. The lowest BCUT2D eigenvalue weighted by atomic mass is 10.0. The van der Waals surface area contributed by atoms with Gasteiger partial charge in [0.2, 0.25) is 35.4 Å². The molecular weight excluding hydrogens is 454 g/mol. The quantitative estimate of drug-likeness (QED) is 0.105. The molecule has 0 fully saturated rings. The second-order valence-corrected chi connectivity index (χ2v) is 7.97. The fraction of sp³-hybridized carbons (Fsp3) is 0.632. The first-order valence-electron chi connectivity index (χ1n) is 10.4. The van der Waals surface area contributed by atoms with E-state index in [0.29, 0.717) is 0 Å². The standard InChI is InChI=1S/C19H33N7O8/c1-8(2)15(23)18(32)25-10(4-6-13(21)28)16(30)24-9(3-5-12(20)27)17(31)26-11(19(33)34)7-14(22)29/h8-11,15H,3-7,23H2,1-2H3,(H2,20,27)(H2,21,28)(H2,22,29)(H,24,30)(H,25,32)(H,26,31)(H,33,34). The fourth-order valence-electron chi connectivity index (χ4n) is 2.63. The molecule has 0 spiro atoms. The molecule has 0 radical (unpaired) electrons. The smallest absolute Gasteiger partial charge is 0.326 e. The van der Waals surface area contributed by atoms with Gasteiger partial charge in [-0.2, -0.15) is 0 Å². The van der Waals surface area contributed by atoms with E-state index in [9.17, 15) is 38.7 Å². The van der Waals surface area contributed by atoms with Crippen molar-refractivity contribution < 1.29 is 38.7 Å². The SMILES string of the molecule is CC(C)C(N)C(=O)NC(CCC(N)=O)C(=O)NC(CCC(N)=O)C(=O)NC(CC(N)=O)C(=O)O. The second kappa shape index (κ2) is 14.4. The molecule has 0 bridgehead atoms. The van der Waals surface area contributed by atoms with E-state index in [-0.39, 0.29) is 31.6 Å². The van der Waals surface area contributed by atoms with Gasteiger partial charge in [-0.15, -0.1) is 0 Å². The Labute approximate surface area is 195 Å². The molecule has 0 aliphatic rings. The third-order valence-corrected chi connectivity index (χ3v) is 4.67. The molecule has 4 atom stereocenters. The van der Waals surface area contributed by atoms with Crippen LogP contribution in [0.2, 0.25) is 0 Å². The van der Waals surface area contributed by atoms with Gasteiger partial charge in [-0.1, -0.05) is 13.8 Å². The van der Waals surface area contributed by atoms with Gasteiger partial charge in [0.25, 0.3) is 0 Å². The minimum absolute atomic E-state index is 0.221. The number of rotatable bonds is 16. The highest BCUT2D eigenvalue weighted by molar-refractivity contribution is 5.95. The summed E-state index contributed by atoms with van der Waals surface area (Å²) in [6, 6.07) is -5.45. The molecular formula is C19H33N7O8. The predicted octanol–water partition coefficient (Wildman–Crippen LogP) is -4.08. The number of carbonyl (C=O) groups excluding carboxylic acids is 6. The zero-order valence-corrected chi connectivity index (χ0v) is 19.0. The van der Waals surface area contributed by atoms with E-state index >= 15 is 0 Å². The molecule has 192 valence electrons. The van der Waals surface area contributed by atoms with E-state index in [1.54, 1.807) is 13.8 Å². The maximum atomic E-state index is 12.8. The molecule has 0 aliphatic carbocycles. The van der Waals surface area contributed by atoms with E-state index in [1.807, 2.05) is 0 Å². The number of aliphatic carboxylic acids is 1. The van der Waals surface area contributed by atoms with Crippen molar-refractivity contribution in [1.82, 2.24) is 16.0 Å². The van der Waals surface area contributed by atoms with Crippen LogP contribution in [0.1, 0.15) is 46.0 Å². The third-order valence-electron chi connectivity index (χ3n) is 4.67. The number of carboxylic acid groups (broad SMARTS) is 1. The van der Waals surface area contributed by atoms with Crippen LogP contribution in [-0.4, -0.2) is 70.7 Å². The number of primary amides is 3. The normalized spacial score (nSPS) is 14.2. The summed E-state index contributed by atoms with van der Waals surface area (Å²) < 4.78 is 0. The van der Waals surface area contributed by atoms with Gasteiger partial charge in [-0.05, 0) is 18.8 Å². The van der Waals surface area contributed by atoms with Crippen LogP contribution in [0, 0.1) is 5.92 Å². The van der Waals surface area contributed by atoms with Crippen LogP contribution in [0.3, 0.4) is 0 Å². The van der Waals surface area contributed by atoms with Crippen molar-refractivity contribution in [2.24, 2.45) is 28.9 Å². The Bertz CT molecular complexity index is 802. The Kier molecular flexibility index (Phi) is 12.8. The molecule has 34 heavy (non-hydrogen) atoms. The maximum Gasteiger partial charge on any atom is 0.326 e. The minimum atomic E-state index is -1.69. The summed E-state index contributed by atoms with van der Waals surface area (Å²) in [5.41, 5.74) is 21.0. The van der Waals surface area contributed by atoms with Gasteiger partial charge in [0.1, 0.15) is 18.1 Å². The Morgan fingerprint density at radius 1 is 0.676 bits per heavy atom. The van der Waals surface area contributed by atoms with Crippen LogP contribution in [0.25, 0.3) is 0 Å². The zero-order chi connectivity index (χ0) is 26.6. The van der Waals surface area contributed by atoms with Crippen molar-refractivity contribution in [3.63, 3.8) is 0 Å². The average Bonchev–Trinajstić information content (AvgIpc) is 2.71. The third kappa shape index (κ3) is 11.8. The number of carboxylic acids is 1. The summed E-state index contributed by atoms with van der Waals surface area (Å²) in [6.07, 6.45) is -1.91. The first-order chi connectivity index (χ1) is 15.6. The van der Waals surface area contributed by atoms with Crippen LogP contribution in [0.5, 0.6) is 0 Å². The summed E-state index contributed by atoms with van der Waals surface area (Å²) in [4.78, 5) is 82.5. The Balaban J connectivity index is 5.66. The van der Waals surface area contributed by atoms with Crippen LogP contribution >= 0.6 is 0 Å². The summed E-state index contributed by atoms with van der Waals surface area (Å²) in [7, 11) is 0. The van der Waals surface area contributed by atoms with Gasteiger partial charge in [0.05, 0.1) is 12.5 Å². The lowest BCUT2D eigenvalue weighted by Gasteiger charge is -2.25. The first kappa shape index (κ1) is 30.2. The van der Waals surface area contributed by atoms with Gasteiger partial charge < -0.3 is 44.0 Å². The number of hydrogen-bond acceptors (Lipinski definition) is 8. The second-order valence-electron chi connectivity index (χ2n) is 7.97. The van der Waals surface area contributed by atoms with E-state index in [1.165, 1.54) is 0 Å². The molecule has 0 aromatic rings. The summed E-state index contributed by atoms with van der Waals surface area (Å²) in [5, 5.41) is 15.9. The average molecular weight is 488 g/mol. The molecule has 6 amide bonds. The number of nitrogens with one attached hydrogen (secondary N) is 3. The topological polar surface area (TPSA) is 280 Å². The lowest BCUT2D eigenvalue weighted by Crippen LogP contribution is -2.58. The van der Waals surface area contributed by atoms with Gasteiger partial charge in [-0.25, -0.2) is 4.79 Å². The molecule has 0 aromatic heterocycles. The molecule has 0 rings (SSSR count). The monoisotopic (exact) mass is 487 g/mol. The van der Waals surface area contributed by atoms with Gasteiger partial charge in [-0.3, -0.25) is 28.8 Å². The van der Waals surface area contributed by atoms with Crippen molar-refractivity contribution in [2.45, 2.75) is 70.1 Å². The van der Waals surface area contributed by atoms with Gasteiger partial charge in [0, 0.05) is 12.8 Å². The highest BCUT2D eigenvalue weighted by atomic mass is 16.4. The van der Waals surface area contributed by atoms with Crippen molar-refractivity contribution in [1.29, 1.82) is 0 Å². The highest BCUT2D eigenvalue weighted by Gasteiger charge is 2.31. The van der Waals surface area contributed by atoms with Crippen molar-refractivity contribution >= 4 is 41.4 Å². The lowest BCUT2D eigenvalue weighted by molar-refractivity contribution is -0.144. The van der Waals surface area contributed by atoms with E-state index in [2.05, 4.69) is 16.0 Å². The Hall–Kier alpha value is -3.75. The number of hydrogen-bond donors (Lipinski definition) is 8. The maximum absolute atomic E-state index is 12.8. The van der Waals surface area contributed by atoms with Gasteiger partial charge >= 0.3 is 5.97 Å². The van der Waals surface area contributed by atoms with E-state index < -0.39 is 72.0 Å². The minimum Gasteiger partial charge on any atom is -0.480 e. The Morgan fingerprint density at radius 3 is 1.38 bits per heavy atom. The first-order valence-corrected chi connectivity index (χ1v) is 10.4. The molecule has 0 aromatic carbocycles. The van der Waals surface area contributed by atoms with Crippen molar-refractivity contribution in [2.75, 3.05) is 0 Å². The van der Waals surface area contributed by atoms with Crippen molar-refractivity contribution in [3.05, 3.63) is 0 Å². The number of carbonyl (C=O) groups is 7. The molecule has 0 saturated heterocycles. The summed E-state index contributed by atoms with van der Waals surface area (Å²) in [5.74, 6) is -7.03. The number of amides is 6. The van der Waals surface area contributed by atoms with Crippen molar-refractivity contribution in [3.8, 4) is 0 Å². The van der Waals surface area contributed by atoms with Crippen LogP contribution in [0.4, 0.5) is 0 Å². The predicted molar refractivity (Wildman–Crippen MR) is 117 cm³/mol. The van der Waals surface area contributed by atoms with Crippen LogP contribution in [0.15, 0.2) is 0 Å². The molecule has 0 heterocycles. The highest BCUT2D eigenvalue weighted by Crippen LogP contribution is 2.06. The zero-order valence-electron chi connectivity index (χ0n) is 19.0. The van der Waals surface area contributed by atoms with Crippen LogP contribution in [-0.2, 0) is 33.6 Å². The summed E-state index contributed by atoms with van der Waals surface area (Å²) in [6.45, 7) is 3.36. The fourth-order valence-corrected chi connectivity index (χ4v) is 2.63. The molecule has 4 unspecified atom stereocenters. The molecule has 0 aliphatic heterocycles.